The van der Waals surface area contributed by atoms with Crippen LogP contribution < -0.4 is 10.4 Å². The minimum absolute atomic E-state index is 0.206. The van der Waals surface area contributed by atoms with Crippen LogP contribution in [0.5, 0.6) is 5.75 Å². The number of fused-ring (bicyclic) bond motifs is 1. The number of carbonyl (C=O) groups excluding carboxylic acids is 1. The third-order valence-electron chi connectivity index (χ3n) is 3.52. The van der Waals surface area contributed by atoms with E-state index in [1.165, 1.54) is 32.2 Å². The maximum absolute atomic E-state index is 12.0. The van der Waals surface area contributed by atoms with Gasteiger partial charge in [-0.2, -0.15) is 14.9 Å². The summed E-state index contributed by atoms with van der Waals surface area (Å²) in [7, 11) is 2.77. The van der Waals surface area contributed by atoms with E-state index in [1.807, 2.05) is 6.07 Å². The topological polar surface area (TPSA) is 122 Å². The molecule has 9 nitrogen and oxygen atoms in total. The predicted molar refractivity (Wildman–Crippen MR) is 92.2 cm³/mol. The van der Waals surface area contributed by atoms with E-state index in [2.05, 4.69) is 15.1 Å². The highest BCUT2D eigenvalue weighted by Gasteiger charge is 2.14. The van der Waals surface area contributed by atoms with Crippen LogP contribution in [0.4, 0.5) is 0 Å². The highest BCUT2D eigenvalue weighted by Crippen LogP contribution is 2.25. The minimum atomic E-state index is -0.484. The quantitative estimate of drug-likeness (QED) is 0.527. The van der Waals surface area contributed by atoms with Gasteiger partial charge in [0.15, 0.2) is 10.8 Å². The SMILES string of the molecule is COC(=O)c1ccc(CSc2nc3c(C#N)cnn3c(=O)[nH]2)cc1OC. The minimum Gasteiger partial charge on any atom is -0.496 e. The van der Waals surface area contributed by atoms with E-state index in [0.29, 0.717) is 22.2 Å². The number of aromatic nitrogens is 4. The molecule has 0 aliphatic heterocycles. The summed E-state index contributed by atoms with van der Waals surface area (Å²) in [5.41, 5.74) is 1.14. The van der Waals surface area contributed by atoms with Gasteiger partial charge in [0.05, 0.1) is 20.4 Å². The van der Waals surface area contributed by atoms with Gasteiger partial charge in [0.25, 0.3) is 0 Å². The Balaban J connectivity index is 1.85. The van der Waals surface area contributed by atoms with Crippen LogP contribution in [0.1, 0.15) is 21.5 Å². The van der Waals surface area contributed by atoms with Crippen LogP contribution in [0.25, 0.3) is 5.65 Å². The Hall–Kier alpha value is -3.32. The van der Waals surface area contributed by atoms with Gasteiger partial charge in [-0.1, -0.05) is 17.8 Å². The Kier molecular flexibility index (Phi) is 4.90. The molecule has 0 bridgehead atoms. The summed E-state index contributed by atoms with van der Waals surface area (Å²) >= 11 is 1.28. The zero-order chi connectivity index (χ0) is 18.7. The smallest absolute Gasteiger partial charge is 0.350 e. The second-order valence-electron chi connectivity index (χ2n) is 5.07. The molecule has 0 unspecified atom stereocenters. The second-order valence-corrected chi connectivity index (χ2v) is 6.03. The standard InChI is InChI=1S/C16H13N5O4S/c1-24-12-5-9(3-4-11(12)14(22)25-2)8-26-15-19-13-10(6-17)7-18-21(13)16(23)20-15/h3-5,7H,8H2,1-2H3,(H,19,20,23). The van der Waals surface area contributed by atoms with Gasteiger partial charge in [0, 0.05) is 5.75 Å². The lowest BCUT2D eigenvalue weighted by Gasteiger charge is -2.09. The first-order valence-corrected chi connectivity index (χ1v) is 8.32. The molecule has 2 aromatic heterocycles. The molecule has 132 valence electrons. The number of hydrogen-bond acceptors (Lipinski definition) is 8. The van der Waals surface area contributed by atoms with E-state index in [1.54, 1.807) is 18.2 Å². The van der Waals surface area contributed by atoms with Crippen molar-refractivity contribution in [3.63, 3.8) is 0 Å². The molecule has 0 amide bonds. The second kappa shape index (κ2) is 7.28. The van der Waals surface area contributed by atoms with Gasteiger partial charge in [-0.3, -0.25) is 4.98 Å². The van der Waals surface area contributed by atoms with Gasteiger partial charge >= 0.3 is 11.7 Å². The fourth-order valence-corrected chi connectivity index (χ4v) is 3.06. The lowest BCUT2D eigenvalue weighted by molar-refractivity contribution is 0.0597. The van der Waals surface area contributed by atoms with Crippen LogP contribution in [0, 0.1) is 11.3 Å². The number of carbonyl (C=O) groups is 1. The molecule has 2 heterocycles. The molecule has 3 aromatic rings. The van der Waals surface area contributed by atoms with Crippen molar-refractivity contribution in [2.75, 3.05) is 14.2 Å². The van der Waals surface area contributed by atoms with E-state index in [0.717, 1.165) is 10.1 Å². The summed E-state index contributed by atoms with van der Waals surface area (Å²) in [6.45, 7) is 0. The molecule has 0 fully saturated rings. The maximum atomic E-state index is 12.0. The number of benzene rings is 1. The number of ether oxygens (including phenoxy) is 2. The van der Waals surface area contributed by atoms with Crippen molar-refractivity contribution >= 4 is 23.4 Å². The number of rotatable bonds is 5. The fourth-order valence-electron chi connectivity index (χ4n) is 2.27. The Morgan fingerprint density at radius 3 is 2.92 bits per heavy atom. The van der Waals surface area contributed by atoms with Crippen molar-refractivity contribution in [1.29, 1.82) is 5.26 Å². The number of nitrogens with zero attached hydrogens (tertiary/aromatic N) is 4. The Morgan fingerprint density at radius 1 is 1.42 bits per heavy atom. The van der Waals surface area contributed by atoms with Crippen LogP contribution >= 0.6 is 11.8 Å². The highest BCUT2D eigenvalue weighted by molar-refractivity contribution is 7.98. The highest BCUT2D eigenvalue weighted by atomic mass is 32.2. The molecule has 1 aromatic carbocycles. The molecule has 0 aliphatic carbocycles. The number of aromatic amines is 1. The predicted octanol–water partition coefficient (Wildman–Crippen LogP) is 1.38. The van der Waals surface area contributed by atoms with Crippen molar-refractivity contribution in [2.45, 2.75) is 10.9 Å². The lowest BCUT2D eigenvalue weighted by Crippen LogP contribution is -2.19. The molecule has 0 saturated carbocycles. The molecular weight excluding hydrogens is 358 g/mol. The van der Waals surface area contributed by atoms with Crippen molar-refractivity contribution in [3.8, 4) is 11.8 Å². The Labute approximate surface area is 151 Å². The number of esters is 1. The first-order valence-electron chi connectivity index (χ1n) is 7.33. The number of methoxy groups -OCH3 is 2. The lowest BCUT2D eigenvalue weighted by atomic mass is 10.1. The first-order chi connectivity index (χ1) is 12.6. The van der Waals surface area contributed by atoms with Crippen molar-refractivity contribution < 1.29 is 14.3 Å². The zero-order valence-electron chi connectivity index (χ0n) is 13.8. The molecule has 0 saturated heterocycles. The van der Waals surface area contributed by atoms with E-state index >= 15 is 0 Å². The average Bonchev–Trinajstić information content (AvgIpc) is 3.09. The van der Waals surface area contributed by atoms with Crippen molar-refractivity contribution in [2.24, 2.45) is 0 Å². The monoisotopic (exact) mass is 371 g/mol. The van der Waals surface area contributed by atoms with Crippen molar-refractivity contribution in [1.82, 2.24) is 19.6 Å². The molecule has 0 aliphatic rings. The van der Waals surface area contributed by atoms with Crippen LogP contribution in [0.2, 0.25) is 0 Å². The van der Waals surface area contributed by atoms with Crippen LogP contribution in [-0.2, 0) is 10.5 Å². The largest absolute Gasteiger partial charge is 0.496 e. The summed E-state index contributed by atoms with van der Waals surface area (Å²) in [6, 6.07) is 7.04. The number of hydrogen-bond donors (Lipinski definition) is 1. The molecule has 0 spiro atoms. The van der Waals surface area contributed by atoms with Crippen LogP contribution in [0.15, 0.2) is 34.3 Å². The summed E-state index contributed by atoms with van der Waals surface area (Å²) in [5.74, 6) is 0.379. The molecule has 26 heavy (non-hydrogen) atoms. The summed E-state index contributed by atoms with van der Waals surface area (Å²) in [4.78, 5) is 30.6. The molecular formula is C16H13N5O4S. The first kappa shape index (κ1) is 17.5. The average molecular weight is 371 g/mol. The maximum Gasteiger partial charge on any atom is 0.350 e. The van der Waals surface area contributed by atoms with E-state index in [9.17, 15) is 9.59 Å². The number of H-pyrrole nitrogens is 1. The number of nitrogens with one attached hydrogen (secondary N) is 1. The molecule has 3 rings (SSSR count). The Morgan fingerprint density at radius 2 is 2.23 bits per heavy atom. The van der Waals surface area contributed by atoms with Crippen molar-refractivity contribution in [3.05, 3.63) is 51.6 Å². The fraction of sp³-hybridized carbons (Fsp3) is 0.188. The van der Waals surface area contributed by atoms with E-state index < -0.39 is 11.7 Å². The van der Waals surface area contributed by atoms with Gasteiger partial charge < -0.3 is 9.47 Å². The molecule has 1 N–H and O–H groups in total. The van der Waals surface area contributed by atoms with Gasteiger partial charge in [-0.25, -0.2) is 14.6 Å². The zero-order valence-corrected chi connectivity index (χ0v) is 14.7. The number of nitriles is 1. The third-order valence-corrected chi connectivity index (χ3v) is 4.47. The van der Waals surface area contributed by atoms with Crippen LogP contribution in [0.3, 0.4) is 0 Å². The molecule has 0 atom stereocenters. The van der Waals surface area contributed by atoms with Gasteiger partial charge in [0.2, 0.25) is 0 Å². The normalized spacial score (nSPS) is 10.5. The van der Waals surface area contributed by atoms with Gasteiger partial charge in [0.1, 0.15) is 22.9 Å². The van der Waals surface area contributed by atoms with E-state index in [-0.39, 0.29) is 11.2 Å². The van der Waals surface area contributed by atoms with Gasteiger partial charge in [-0.05, 0) is 17.7 Å². The molecule has 10 heteroatoms. The summed E-state index contributed by atoms with van der Waals surface area (Å²) in [6.07, 6.45) is 1.29. The molecule has 0 radical (unpaired) electrons. The van der Waals surface area contributed by atoms with Crippen LogP contribution in [-0.4, -0.2) is 39.8 Å². The summed E-state index contributed by atoms with van der Waals surface area (Å²) < 4.78 is 11.0. The third kappa shape index (κ3) is 3.25. The van der Waals surface area contributed by atoms with E-state index in [4.69, 9.17) is 14.7 Å². The summed E-state index contributed by atoms with van der Waals surface area (Å²) in [5, 5.41) is 13.2. The number of thioether (sulfide) groups is 1. The van der Waals surface area contributed by atoms with Gasteiger partial charge in [-0.15, -0.1) is 0 Å². The Bertz CT molecular complexity index is 1080.